The Morgan fingerprint density at radius 1 is 0.868 bits per heavy atom. The van der Waals surface area contributed by atoms with Crippen LogP contribution < -0.4 is 38.3 Å². The number of nitrogens with zero attached hydrogens (tertiary/aromatic N) is 6. The number of carbonyl (C=O) groups excluding carboxylic acids is 3. The van der Waals surface area contributed by atoms with E-state index in [4.69, 9.17) is 25.9 Å². The van der Waals surface area contributed by atoms with Gasteiger partial charge in [-0.05, 0) is 56.0 Å². The molecule has 0 aliphatic rings. The Labute approximate surface area is 392 Å². The third kappa shape index (κ3) is 14.1. The summed E-state index contributed by atoms with van der Waals surface area (Å²) >= 11 is 0. The van der Waals surface area contributed by atoms with Gasteiger partial charge in [-0.1, -0.05) is 45.4 Å². The number of nitrogen functional groups attached to an aromatic ring is 2. The van der Waals surface area contributed by atoms with Crippen LogP contribution in [0.4, 0.5) is 17.5 Å². The Morgan fingerprint density at radius 2 is 1.59 bits per heavy atom. The fourth-order valence-electron chi connectivity index (χ4n) is 7.43. The number of amides is 3. The first-order valence-electron chi connectivity index (χ1n) is 22.8. The van der Waals surface area contributed by atoms with E-state index in [0.29, 0.717) is 69.5 Å². The molecule has 4 heterocycles. The highest BCUT2D eigenvalue weighted by Gasteiger charge is 2.25. The molecule has 0 radical (unpaired) electrons. The molecule has 0 bridgehead atoms. The number of nitrogens with one attached hydrogen (secondary N) is 5. The maximum Gasteiger partial charge on any atom is 0.326 e. The quantitative estimate of drug-likeness (QED) is 0.0340. The second kappa shape index (κ2) is 24.0. The summed E-state index contributed by atoms with van der Waals surface area (Å²) in [6.07, 6.45) is 5.49. The number of pyridine rings is 1. The van der Waals surface area contributed by atoms with E-state index in [9.17, 15) is 29.1 Å². The van der Waals surface area contributed by atoms with Gasteiger partial charge in [0, 0.05) is 74.2 Å². The van der Waals surface area contributed by atoms with Crippen LogP contribution in [-0.4, -0.2) is 109 Å². The number of carboxylic acid groups (broad SMARTS) is 1. The Hall–Kier alpha value is -7.26. The molecular weight excluding hydrogens is 875 g/mol. The van der Waals surface area contributed by atoms with Crippen molar-refractivity contribution in [3.63, 3.8) is 0 Å². The van der Waals surface area contributed by atoms with Gasteiger partial charge in [0.1, 0.15) is 17.4 Å². The fourth-order valence-corrected chi connectivity index (χ4v) is 7.43. The van der Waals surface area contributed by atoms with Crippen molar-refractivity contribution in [3.8, 4) is 0 Å². The molecule has 362 valence electrons. The van der Waals surface area contributed by atoms with Gasteiger partial charge in [0.05, 0.1) is 42.7 Å². The van der Waals surface area contributed by atoms with Crippen molar-refractivity contribution in [2.45, 2.75) is 91.3 Å². The number of nitrogens with two attached hydrogens (primary N) is 2. The summed E-state index contributed by atoms with van der Waals surface area (Å²) in [7, 11) is 0. The summed E-state index contributed by atoms with van der Waals surface area (Å²) in [5.41, 5.74) is 15.3. The van der Waals surface area contributed by atoms with Crippen molar-refractivity contribution in [3.05, 3.63) is 82.2 Å². The lowest BCUT2D eigenvalue weighted by Gasteiger charge is -2.26. The number of imidazole rings is 1. The molecule has 2 aromatic carbocycles. The van der Waals surface area contributed by atoms with Crippen molar-refractivity contribution >= 4 is 74.2 Å². The zero-order valence-electron chi connectivity index (χ0n) is 38.7. The first-order chi connectivity index (χ1) is 32.7. The Bertz CT molecular complexity index is 2760. The van der Waals surface area contributed by atoms with Gasteiger partial charge in [-0.3, -0.25) is 24.2 Å². The molecule has 0 saturated heterocycles. The number of rotatable bonds is 27. The second-order valence-electron chi connectivity index (χ2n) is 17.2. The van der Waals surface area contributed by atoms with Gasteiger partial charge in [0.2, 0.25) is 17.8 Å². The van der Waals surface area contributed by atoms with Crippen LogP contribution in [0.3, 0.4) is 0 Å². The van der Waals surface area contributed by atoms with Gasteiger partial charge in [-0.2, -0.15) is 4.98 Å². The summed E-state index contributed by atoms with van der Waals surface area (Å²) < 4.78 is 14.0. The van der Waals surface area contributed by atoms with Crippen molar-refractivity contribution in [1.82, 2.24) is 50.4 Å². The molecule has 0 saturated carbocycles. The first kappa shape index (κ1) is 50.2. The Balaban J connectivity index is 0.802. The number of carbonyl (C=O) groups is 4. The van der Waals surface area contributed by atoms with E-state index in [1.165, 1.54) is 18.3 Å². The minimum atomic E-state index is -1.29. The second-order valence-corrected chi connectivity index (χ2v) is 17.2. The number of para-hydroxylation sites is 1. The van der Waals surface area contributed by atoms with Gasteiger partial charge in [0.15, 0.2) is 17.0 Å². The number of benzene rings is 2. The number of hydrogen-bond acceptors (Lipinski definition) is 15. The van der Waals surface area contributed by atoms with E-state index in [1.807, 2.05) is 18.2 Å². The fraction of sp³-hybridized carbons (Fsp3) is 0.447. The van der Waals surface area contributed by atoms with Crippen molar-refractivity contribution < 1.29 is 33.8 Å². The first-order valence-corrected chi connectivity index (χ1v) is 22.8. The molecule has 1 unspecified atom stereocenters. The van der Waals surface area contributed by atoms with Gasteiger partial charge in [-0.15, -0.1) is 0 Å². The number of aliphatic carboxylic acids is 1. The summed E-state index contributed by atoms with van der Waals surface area (Å²) in [6.45, 7) is 9.75. The average molecular weight is 936 g/mol. The molecule has 68 heavy (non-hydrogen) atoms. The molecule has 3 amide bonds. The van der Waals surface area contributed by atoms with E-state index in [0.717, 1.165) is 47.0 Å². The standard InChI is InChI=1S/C47H61N13O8/c1-4-5-12-35-57-38-40(32-10-6-7-11-33(32)55-41(38)48)60(35)27-47(2,3)28-68-23-9-21-51-37(62)19-24-67-22-8-20-50-36(61)18-17-34(45(65)66)56-43(63)29-13-15-30(16-14-29)52-25-31-26-53-42-39(54-31)44(64)59-46(49)58-42/h6-7,10-11,13-16,26,34,52H,4-5,8-9,12,17-25,27-28H2,1-3H3,(H2,48,55)(H,50,61)(H,51,62)(H,56,63)(H,65,66)(H3,49,53,58,59,64). The minimum absolute atomic E-state index is 0.0509. The predicted octanol–water partition coefficient (Wildman–Crippen LogP) is 3.86. The molecule has 4 aromatic heterocycles. The average Bonchev–Trinajstić information content (AvgIpc) is 3.67. The number of fused-ring (bicyclic) bond motifs is 4. The number of hydrogen-bond donors (Lipinski definition) is 8. The molecule has 0 fully saturated rings. The van der Waals surface area contributed by atoms with Crippen LogP contribution in [0.25, 0.3) is 33.1 Å². The van der Waals surface area contributed by atoms with Gasteiger partial charge < -0.3 is 51.9 Å². The molecule has 21 nitrogen and oxygen atoms in total. The third-order valence-electron chi connectivity index (χ3n) is 10.9. The number of aromatic amines is 1. The summed E-state index contributed by atoms with van der Waals surface area (Å²) in [4.78, 5) is 86.0. The Morgan fingerprint density at radius 3 is 2.32 bits per heavy atom. The number of carboxylic acids is 1. The number of ether oxygens (including phenoxy) is 2. The number of unbranched alkanes of at least 4 members (excludes halogenated alkanes) is 1. The topological polar surface area (TPSA) is 309 Å². The number of aromatic nitrogens is 7. The number of H-pyrrole nitrogens is 1. The van der Waals surface area contributed by atoms with E-state index in [1.54, 1.807) is 12.1 Å². The maximum atomic E-state index is 12.9. The minimum Gasteiger partial charge on any atom is -0.480 e. The highest BCUT2D eigenvalue weighted by Crippen LogP contribution is 2.32. The molecule has 0 spiro atoms. The van der Waals surface area contributed by atoms with Crippen molar-refractivity contribution in [1.29, 1.82) is 0 Å². The lowest BCUT2D eigenvalue weighted by Crippen LogP contribution is -2.41. The maximum absolute atomic E-state index is 12.9. The predicted molar refractivity (Wildman–Crippen MR) is 258 cm³/mol. The van der Waals surface area contributed by atoms with Crippen molar-refractivity contribution in [2.24, 2.45) is 5.41 Å². The van der Waals surface area contributed by atoms with Gasteiger partial charge >= 0.3 is 5.97 Å². The van der Waals surface area contributed by atoms with Crippen LogP contribution in [0.5, 0.6) is 0 Å². The van der Waals surface area contributed by atoms with E-state index < -0.39 is 23.5 Å². The van der Waals surface area contributed by atoms with Crippen LogP contribution >= 0.6 is 0 Å². The van der Waals surface area contributed by atoms with Crippen LogP contribution in [-0.2, 0) is 43.4 Å². The van der Waals surface area contributed by atoms with E-state index in [-0.39, 0.29) is 72.3 Å². The number of anilines is 3. The molecular formula is C47H61N13O8. The van der Waals surface area contributed by atoms with Crippen LogP contribution in [0.1, 0.15) is 87.6 Å². The van der Waals surface area contributed by atoms with Crippen LogP contribution in [0.15, 0.2) is 59.5 Å². The normalized spacial score (nSPS) is 12.0. The largest absolute Gasteiger partial charge is 0.480 e. The highest BCUT2D eigenvalue weighted by atomic mass is 16.5. The third-order valence-corrected chi connectivity index (χ3v) is 10.9. The molecule has 6 rings (SSSR count). The van der Waals surface area contributed by atoms with Gasteiger partial charge in [-0.25, -0.2) is 24.7 Å². The zero-order valence-corrected chi connectivity index (χ0v) is 38.7. The monoisotopic (exact) mass is 935 g/mol. The highest BCUT2D eigenvalue weighted by molar-refractivity contribution is 6.06. The zero-order chi connectivity index (χ0) is 48.6. The smallest absolute Gasteiger partial charge is 0.326 e. The summed E-state index contributed by atoms with van der Waals surface area (Å²) in [6, 6.07) is 13.0. The Kier molecular flexibility index (Phi) is 17.7. The molecule has 0 aliphatic carbocycles. The lowest BCUT2D eigenvalue weighted by molar-refractivity contribution is -0.139. The lowest BCUT2D eigenvalue weighted by atomic mass is 9.94. The molecule has 10 N–H and O–H groups in total. The van der Waals surface area contributed by atoms with Crippen LogP contribution in [0, 0.1) is 5.41 Å². The molecule has 0 aliphatic heterocycles. The summed E-state index contributed by atoms with van der Waals surface area (Å²) in [5.74, 6) is -1.00. The van der Waals surface area contributed by atoms with Crippen LogP contribution in [0.2, 0.25) is 0 Å². The van der Waals surface area contributed by atoms with E-state index >= 15 is 0 Å². The van der Waals surface area contributed by atoms with Crippen molar-refractivity contribution in [2.75, 3.05) is 56.3 Å². The molecule has 1 atom stereocenters. The SMILES string of the molecule is CCCCc1nc2c(N)nc3ccccc3c2n1CC(C)(C)COCCCNC(=O)CCOCCCNC(=O)CCC(NC(=O)c1ccc(NCc2cnc3nc(N)[nH]c(=O)c3n2)cc1)C(=O)O. The molecule has 6 aromatic rings. The summed E-state index contributed by atoms with van der Waals surface area (Å²) in [5, 5.41) is 21.9. The molecule has 21 heteroatoms. The number of aryl methyl sites for hydroxylation is 1. The van der Waals surface area contributed by atoms with E-state index in [2.05, 4.69) is 77.6 Å². The van der Waals surface area contributed by atoms with Gasteiger partial charge in [0.25, 0.3) is 11.5 Å².